The molecule has 5 heteroatoms. The Morgan fingerprint density at radius 2 is 1.70 bits per heavy atom. The molecule has 1 atom stereocenters. The second-order valence-electron chi connectivity index (χ2n) is 7.23. The molecule has 20 heavy (non-hydrogen) atoms. The largest absolute Gasteiger partial charge is 0.352 e. The summed E-state index contributed by atoms with van der Waals surface area (Å²) in [4.78, 5) is 26.0. The smallest absolute Gasteiger partial charge is 0.237 e. The van der Waals surface area contributed by atoms with Crippen molar-refractivity contribution in [1.29, 1.82) is 0 Å². The Kier molecular flexibility index (Phi) is 4.37. The molecule has 0 aromatic rings. The summed E-state index contributed by atoms with van der Waals surface area (Å²) >= 11 is 0. The average molecular weight is 281 g/mol. The van der Waals surface area contributed by atoms with Crippen molar-refractivity contribution >= 4 is 11.8 Å². The predicted molar refractivity (Wildman–Crippen MR) is 77.9 cm³/mol. The molecule has 0 radical (unpaired) electrons. The highest BCUT2D eigenvalue weighted by Crippen LogP contribution is 2.31. The lowest BCUT2D eigenvalue weighted by Gasteiger charge is -2.34. The molecule has 2 aliphatic rings. The molecule has 2 amide bonds. The lowest BCUT2D eigenvalue weighted by atomic mass is 9.86. The van der Waals surface area contributed by atoms with Crippen LogP contribution in [0.15, 0.2) is 0 Å². The minimum absolute atomic E-state index is 0.0792. The van der Waals surface area contributed by atoms with Crippen LogP contribution in [0.2, 0.25) is 0 Å². The summed E-state index contributed by atoms with van der Waals surface area (Å²) in [5.74, 6) is 0.515. The summed E-state index contributed by atoms with van der Waals surface area (Å²) in [6, 6.07) is -0.340. The van der Waals surface area contributed by atoms with Crippen LogP contribution in [0.25, 0.3) is 0 Å². The summed E-state index contributed by atoms with van der Waals surface area (Å²) in [6.07, 6.45) is 3.77. The van der Waals surface area contributed by atoms with Crippen LogP contribution in [0.3, 0.4) is 0 Å². The van der Waals surface area contributed by atoms with Crippen LogP contribution in [0.4, 0.5) is 0 Å². The van der Waals surface area contributed by atoms with Crippen LogP contribution in [0, 0.1) is 11.3 Å². The minimum Gasteiger partial charge on any atom is -0.352 e. The lowest BCUT2D eigenvalue weighted by Crippen LogP contribution is -2.54. The fourth-order valence-electron chi connectivity index (χ4n) is 2.52. The molecule has 2 fully saturated rings. The van der Waals surface area contributed by atoms with Crippen molar-refractivity contribution in [2.24, 2.45) is 17.1 Å². The highest BCUT2D eigenvalue weighted by Gasteiger charge is 2.35. The number of nitrogens with one attached hydrogen (secondary N) is 1. The highest BCUT2D eigenvalue weighted by atomic mass is 16.2. The number of nitrogens with two attached hydrogens (primary N) is 1. The molecule has 0 bridgehead atoms. The first-order valence-electron chi connectivity index (χ1n) is 7.64. The van der Waals surface area contributed by atoms with Gasteiger partial charge in [-0.25, -0.2) is 0 Å². The Balaban J connectivity index is 1.76. The van der Waals surface area contributed by atoms with Crippen LogP contribution in [-0.2, 0) is 9.59 Å². The molecule has 0 spiro atoms. The van der Waals surface area contributed by atoms with E-state index in [9.17, 15) is 9.59 Å². The molecule has 0 aromatic carbocycles. The maximum absolute atomic E-state index is 12.1. The minimum atomic E-state index is -0.492. The van der Waals surface area contributed by atoms with Crippen molar-refractivity contribution in [1.82, 2.24) is 10.2 Å². The van der Waals surface area contributed by atoms with Gasteiger partial charge in [0, 0.05) is 25.0 Å². The summed E-state index contributed by atoms with van der Waals surface area (Å²) in [6.45, 7) is 7.41. The number of likely N-dealkylation sites (tertiary alicyclic amines) is 1. The third-order valence-corrected chi connectivity index (χ3v) is 4.30. The number of rotatable bonds is 3. The van der Waals surface area contributed by atoms with Gasteiger partial charge < -0.3 is 16.0 Å². The molecular formula is C15H27N3O2. The van der Waals surface area contributed by atoms with Crippen LogP contribution < -0.4 is 11.1 Å². The van der Waals surface area contributed by atoms with Crippen LogP contribution in [0.5, 0.6) is 0 Å². The zero-order valence-electron chi connectivity index (χ0n) is 12.8. The quantitative estimate of drug-likeness (QED) is 0.806. The first kappa shape index (κ1) is 15.3. The van der Waals surface area contributed by atoms with Gasteiger partial charge in [-0.1, -0.05) is 20.8 Å². The first-order chi connectivity index (χ1) is 9.29. The molecule has 5 nitrogen and oxygen atoms in total. The van der Waals surface area contributed by atoms with E-state index < -0.39 is 6.04 Å². The molecule has 114 valence electrons. The van der Waals surface area contributed by atoms with Crippen molar-refractivity contribution in [3.63, 3.8) is 0 Å². The van der Waals surface area contributed by atoms with Gasteiger partial charge in [0.1, 0.15) is 0 Å². The van der Waals surface area contributed by atoms with Crippen molar-refractivity contribution in [2.45, 2.75) is 58.5 Å². The standard InChI is InChI=1S/C15H27N3O2/c1-15(2,3)12(16)13(19)17-11-6-8-18(9-7-11)14(20)10-4-5-10/h10-12H,4-9,16H2,1-3H3,(H,17,19). The Hall–Kier alpha value is -1.10. The van der Waals surface area contributed by atoms with Gasteiger partial charge in [-0.2, -0.15) is 0 Å². The number of hydrogen-bond donors (Lipinski definition) is 2. The molecule has 2 rings (SSSR count). The Morgan fingerprint density at radius 3 is 2.15 bits per heavy atom. The molecule has 1 saturated carbocycles. The van der Waals surface area contributed by atoms with Gasteiger partial charge >= 0.3 is 0 Å². The zero-order valence-corrected chi connectivity index (χ0v) is 12.8. The van der Waals surface area contributed by atoms with Gasteiger partial charge in [0.25, 0.3) is 0 Å². The molecule has 0 aromatic heterocycles. The van der Waals surface area contributed by atoms with E-state index in [0.29, 0.717) is 5.91 Å². The highest BCUT2D eigenvalue weighted by molar-refractivity contribution is 5.83. The van der Waals surface area contributed by atoms with E-state index in [0.717, 1.165) is 38.8 Å². The van der Waals surface area contributed by atoms with Gasteiger partial charge in [-0.3, -0.25) is 9.59 Å². The SMILES string of the molecule is CC(C)(C)C(N)C(=O)NC1CCN(C(=O)C2CC2)CC1. The van der Waals surface area contributed by atoms with Crippen molar-refractivity contribution in [3.8, 4) is 0 Å². The van der Waals surface area contributed by atoms with E-state index in [1.54, 1.807) is 0 Å². The van der Waals surface area contributed by atoms with Gasteiger partial charge in [-0.15, -0.1) is 0 Å². The van der Waals surface area contributed by atoms with Gasteiger partial charge in [0.05, 0.1) is 6.04 Å². The number of nitrogens with zero attached hydrogens (tertiary/aromatic N) is 1. The molecule has 1 unspecified atom stereocenters. The number of amides is 2. The Labute approximate surface area is 121 Å². The maximum Gasteiger partial charge on any atom is 0.237 e. The summed E-state index contributed by atoms with van der Waals surface area (Å²) < 4.78 is 0. The predicted octanol–water partition coefficient (Wildman–Crippen LogP) is 0.877. The second kappa shape index (κ2) is 5.72. The third-order valence-electron chi connectivity index (χ3n) is 4.30. The van der Waals surface area contributed by atoms with E-state index >= 15 is 0 Å². The van der Waals surface area contributed by atoms with Crippen molar-refractivity contribution in [2.75, 3.05) is 13.1 Å². The first-order valence-corrected chi connectivity index (χ1v) is 7.64. The van der Waals surface area contributed by atoms with E-state index in [1.165, 1.54) is 0 Å². The molecule has 3 N–H and O–H groups in total. The monoisotopic (exact) mass is 281 g/mol. The third kappa shape index (κ3) is 3.72. The Morgan fingerprint density at radius 1 is 1.15 bits per heavy atom. The van der Waals surface area contributed by atoms with Gasteiger partial charge in [0.15, 0.2) is 0 Å². The molecular weight excluding hydrogens is 254 g/mol. The molecule has 1 saturated heterocycles. The fraction of sp³-hybridized carbons (Fsp3) is 0.867. The number of carbonyl (C=O) groups excluding carboxylic acids is 2. The van der Waals surface area contributed by atoms with E-state index in [2.05, 4.69) is 5.32 Å². The summed E-state index contributed by atoms with van der Waals surface area (Å²) in [5.41, 5.74) is 5.73. The van der Waals surface area contributed by atoms with Gasteiger partial charge in [0.2, 0.25) is 11.8 Å². The fourth-order valence-corrected chi connectivity index (χ4v) is 2.52. The zero-order chi connectivity index (χ0) is 14.9. The average Bonchev–Trinajstić information content (AvgIpc) is 3.21. The van der Waals surface area contributed by atoms with Crippen LogP contribution in [0.1, 0.15) is 46.5 Å². The van der Waals surface area contributed by atoms with E-state index in [-0.39, 0.29) is 23.3 Å². The maximum atomic E-state index is 12.1. The van der Waals surface area contributed by atoms with E-state index in [1.807, 2.05) is 25.7 Å². The number of carbonyl (C=O) groups is 2. The molecule has 1 aliphatic carbocycles. The molecule has 1 aliphatic heterocycles. The lowest BCUT2D eigenvalue weighted by molar-refractivity contribution is -0.133. The van der Waals surface area contributed by atoms with Gasteiger partial charge in [-0.05, 0) is 31.1 Å². The summed E-state index contributed by atoms with van der Waals surface area (Å²) in [5, 5.41) is 3.03. The van der Waals surface area contributed by atoms with Crippen LogP contribution >= 0.6 is 0 Å². The van der Waals surface area contributed by atoms with Crippen molar-refractivity contribution < 1.29 is 9.59 Å². The number of piperidine rings is 1. The van der Waals surface area contributed by atoms with Crippen molar-refractivity contribution in [3.05, 3.63) is 0 Å². The Bertz CT molecular complexity index is 377. The second-order valence-corrected chi connectivity index (χ2v) is 7.23. The molecule has 1 heterocycles. The van der Waals surface area contributed by atoms with E-state index in [4.69, 9.17) is 5.73 Å². The van der Waals surface area contributed by atoms with Crippen LogP contribution in [-0.4, -0.2) is 41.9 Å². The summed E-state index contributed by atoms with van der Waals surface area (Å²) in [7, 11) is 0. The topological polar surface area (TPSA) is 75.4 Å². The number of hydrogen-bond acceptors (Lipinski definition) is 3. The normalized spacial score (nSPS) is 22.5.